The Labute approximate surface area is 139 Å². The summed E-state index contributed by atoms with van der Waals surface area (Å²) in [5.74, 6) is -0.143. The SMILES string of the molecule is CC(C)(N)S(=O)(=O)c1nc2ccc(C(=O)c3ccccc3)cc2[nH]1. The van der Waals surface area contributed by atoms with Crippen LogP contribution in [0.4, 0.5) is 0 Å². The number of H-pyrrole nitrogens is 1. The Balaban J connectivity index is 2.06. The molecule has 3 N–H and O–H groups in total. The smallest absolute Gasteiger partial charge is 0.229 e. The minimum atomic E-state index is -3.80. The van der Waals surface area contributed by atoms with E-state index in [-0.39, 0.29) is 10.9 Å². The number of aromatic nitrogens is 2. The van der Waals surface area contributed by atoms with E-state index in [2.05, 4.69) is 9.97 Å². The van der Waals surface area contributed by atoms with Crippen LogP contribution in [0.2, 0.25) is 0 Å². The van der Waals surface area contributed by atoms with Gasteiger partial charge < -0.3 is 10.7 Å². The van der Waals surface area contributed by atoms with E-state index >= 15 is 0 Å². The van der Waals surface area contributed by atoms with E-state index in [0.717, 1.165) is 0 Å². The summed E-state index contributed by atoms with van der Waals surface area (Å²) in [4.78, 5) is 17.9. The number of benzene rings is 2. The summed E-state index contributed by atoms with van der Waals surface area (Å²) in [5, 5.41) is -0.200. The van der Waals surface area contributed by atoms with E-state index in [1.807, 2.05) is 6.07 Å². The van der Waals surface area contributed by atoms with Crippen LogP contribution in [-0.2, 0) is 9.84 Å². The quantitative estimate of drug-likeness (QED) is 0.707. The van der Waals surface area contributed by atoms with Crippen LogP contribution in [0, 0.1) is 0 Å². The third-order valence-corrected chi connectivity index (χ3v) is 5.79. The highest BCUT2D eigenvalue weighted by atomic mass is 32.2. The van der Waals surface area contributed by atoms with Crippen molar-refractivity contribution in [1.29, 1.82) is 0 Å². The van der Waals surface area contributed by atoms with Crippen molar-refractivity contribution in [2.24, 2.45) is 5.73 Å². The summed E-state index contributed by atoms with van der Waals surface area (Å²) in [7, 11) is -3.80. The molecule has 1 aromatic heterocycles. The van der Waals surface area contributed by atoms with Crippen molar-refractivity contribution < 1.29 is 13.2 Å². The highest BCUT2D eigenvalue weighted by Gasteiger charge is 2.34. The summed E-state index contributed by atoms with van der Waals surface area (Å²) in [6.45, 7) is 2.81. The average Bonchev–Trinajstić information content (AvgIpc) is 2.97. The zero-order valence-electron chi connectivity index (χ0n) is 13.3. The molecule has 0 bridgehead atoms. The van der Waals surface area contributed by atoms with Crippen molar-refractivity contribution >= 4 is 26.7 Å². The average molecular weight is 343 g/mol. The molecule has 0 spiro atoms. The normalized spacial score (nSPS) is 12.5. The summed E-state index contributed by atoms with van der Waals surface area (Å²) < 4.78 is 24.8. The van der Waals surface area contributed by atoms with E-state index in [1.54, 1.807) is 42.5 Å². The largest absolute Gasteiger partial charge is 0.329 e. The Bertz CT molecular complexity index is 1020. The Morgan fingerprint density at radius 1 is 1.08 bits per heavy atom. The van der Waals surface area contributed by atoms with Crippen LogP contribution < -0.4 is 5.73 Å². The predicted octanol–water partition coefficient (Wildman–Crippen LogP) is 2.26. The molecule has 0 saturated carbocycles. The van der Waals surface area contributed by atoms with Gasteiger partial charge in [-0.3, -0.25) is 4.79 Å². The number of carbonyl (C=O) groups excluding carboxylic acids is 1. The molecule has 0 aliphatic carbocycles. The van der Waals surface area contributed by atoms with E-state index in [1.165, 1.54) is 13.8 Å². The summed E-state index contributed by atoms with van der Waals surface area (Å²) in [6.07, 6.45) is 0. The van der Waals surface area contributed by atoms with Gasteiger partial charge in [0.15, 0.2) is 5.78 Å². The Hall–Kier alpha value is -2.51. The lowest BCUT2D eigenvalue weighted by molar-refractivity contribution is 0.103. The molecule has 1 heterocycles. The second-order valence-corrected chi connectivity index (χ2v) is 8.52. The van der Waals surface area contributed by atoms with E-state index < -0.39 is 14.7 Å². The minimum absolute atomic E-state index is 0.143. The molecule has 7 heteroatoms. The maximum Gasteiger partial charge on any atom is 0.229 e. The third-order valence-electron chi connectivity index (χ3n) is 3.71. The molecule has 0 amide bonds. The lowest BCUT2D eigenvalue weighted by atomic mass is 10.0. The van der Waals surface area contributed by atoms with Crippen molar-refractivity contribution in [2.75, 3.05) is 0 Å². The van der Waals surface area contributed by atoms with E-state index in [9.17, 15) is 13.2 Å². The van der Waals surface area contributed by atoms with Crippen molar-refractivity contribution in [3.63, 3.8) is 0 Å². The highest BCUT2D eigenvalue weighted by Crippen LogP contribution is 2.23. The molecule has 2 aromatic carbocycles. The summed E-state index contributed by atoms with van der Waals surface area (Å²) in [6, 6.07) is 13.7. The standard InChI is InChI=1S/C17H17N3O3S/c1-17(2,18)24(22,23)16-19-13-9-8-12(10-14(13)20-16)15(21)11-6-4-3-5-7-11/h3-10H,18H2,1-2H3,(H,19,20). The van der Waals surface area contributed by atoms with Gasteiger partial charge in [0.05, 0.1) is 11.0 Å². The zero-order chi connectivity index (χ0) is 17.5. The second-order valence-electron chi connectivity index (χ2n) is 6.08. The first-order chi connectivity index (χ1) is 11.2. The van der Waals surface area contributed by atoms with Gasteiger partial charge >= 0.3 is 0 Å². The molecule has 0 fully saturated rings. The highest BCUT2D eigenvalue weighted by molar-refractivity contribution is 7.92. The summed E-state index contributed by atoms with van der Waals surface area (Å²) in [5.41, 5.74) is 7.67. The number of carbonyl (C=O) groups is 1. The maximum atomic E-state index is 12.5. The molecule has 3 rings (SSSR count). The number of hydrogen-bond acceptors (Lipinski definition) is 5. The monoisotopic (exact) mass is 343 g/mol. The fourth-order valence-electron chi connectivity index (χ4n) is 2.26. The maximum absolute atomic E-state index is 12.5. The molecule has 0 unspecified atom stereocenters. The fourth-order valence-corrected chi connectivity index (χ4v) is 3.22. The predicted molar refractivity (Wildman–Crippen MR) is 91.4 cm³/mol. The minimum Gasteiger partial charge on any atom is -0.329 e. The number of rotatable bonds is 4. The number of aromatic amines is 1. The Morgan fingerprint density at radius 2 is 1.75 bits per heavy atom. The number of nitrogens with one attached hydrogen (secondary N) is 1. The van der Waals surface area contributed by atoms with Gasteiger partial charge in [-0.15, -0.1) is 0 Å². The third kappa shape index (κ3) is 2.72. The summed E-state index contributed by atoms with van der Waals surface area (Å²) >= 11 is 0. The van der Waals surface area contributed by atoms with E-state index in [4.69, 9.17) is 5.73 Å². The number of imidazole rings is 1. The first-order valence-electron chi connectivity index (χ1n) is 7.33. The molecule has 24 heavy (non-hydrogen) atoms. The zero-order valence-corrected chi connectivity index (χ0v) is 14.1. The van der Waals surface area contributed by atoms with Gasteiger partial charge in [0.1, 0.15) is 4.87 Å². The first-order valence-corrected chi connectivity index (χ1v) is 8.81. The molecule has 0 radical (unpaired) electrons. The topological polar surface area (TPSA) is 106 Å². The van der Waals surface area contributed by atoms with Gasteiger partial charge in [0, 0.05) is 11.1 Å². The van der Waals surface area contributed by atoms with Crippen LogP contribution in [0.5, 0.6) is 0 Å². The number of nitrogens with two attached hydrogens (primary N) is 1. The van der Waals surface area contributed by atoms with E-state index in [0.29, 0.717) is 22.2 Å². The Morgan fingerprint density at radius 3 is 2.38 bits per heavy atom. The second kappa shape index (κ2) is 5.54. The lowest BCUT2D eigenvalue weighted by Crippen LogP contribution is -2.41. The Kier molecular flexibility index (Phi) is 3.77. The molecule has 6 nitrogen and oxygen atoms in total. The van der Waals surface area contributed by atoms with Crippen LogP contribution in [0.3, 0.4) is 0 Å². The molecule has 124 valence electrons. The van der Waals surface area contributed by atoms with Gasteiger partial charge in [-0.1, -0.05) is 30.3 Å². The number of hydrogen-bond donors (Lipinski definition) is 2. The first kappa shape index (κ1) is 16.4. The van der Waals surface area contributed by atoms with Crippen LogP contribution in [0.1, 0.15) is 29.8 Å². The number of fused-ring (bicyclic) bond motifs is 1. The van der Waals surface area contributed by atoms with Crippen molar-refractivity contribution in [3.05, 3.63) is 59.7 Å². The lowest BCUT2D eigenvalue weighted by Gasteiger charge is -2.16. The van der Waals surface area contributed by atoms with Gasteiger partial charge in [-0.25, -0.2) is 13.4 Å². The molecular formula is C17H17N3O3S. The van der Waals surface area contributed by atoms with Crippen LogP contribution >= 0.6 is 0 Å². The van der Waals surface area contributed by atoms with Crippen LogP contribution in [0.15, 0.2) is 53.7 Å². The fraction of sp³-hybridized carbons (Fsp3) is 0.176. The number of sulfone groups is 1. The van der Waals surface area contributed by atoms with Gasteiger partial charge in [0.2, 0.25) is 15.0 Å². The molecule has 0 aliphatic heterocycles. The van der Waals surface area contributed by atoms with Gasteiger partial charge in [-0.05, 0) is 32.0 Å². The van der Waals surface area contributed by atoms with Gasteiger partial charge in [0.25, 0.3) is 0 Å². The number of ketones is 1. The van der Waals surface area contributed by atoms with Crippen molar-refractivity contribution in [2.45, 2.75) is 23.9 Å². The molecule has 0 atom stereocenters. The molecule has 0 aliphatic rings. The van der Waals surface area contributed by atoms with Gasteiger partial charge in [-0.2, -0.15) is 0 Å². The van der Waals surface area contributed by atoms with Crippen LogP contribution in [-0.4, -0.2) is 29.0 Å². The molecule has 3 aromatic rings. The van der Waals surface area contributed by atoms with Crippen molar-refractivity contribution in [3.8, 4) is 0 Å². The molecular weight excluding hydrogens is 326 g/mol. The number of nitrogens with zero attached hydrogens (tertiary/aromatic N) is 1. The van der Waals surface area contributed by atoms with Crippen LogP contribution in [0.25, 0.3) is 11.0 Å². The molecule has 0 saturated heterocycles. The van der Waals surface area contributed by atoms with Crippen molar-refractivity contribution in [1.82, 2.24) is 9.97 Å².